The first kappa shape index (κ1) is 10.8. The number of halogens is 1. The first-order chi connectivity index (χ1) is 7.79. The second-order valence-corrected chi connectivity index (χ2v) is 3.73. The molecule has 0 aliphatic rings. The molecular formula is C11H12ClN3O. The zero-order chi connectivity index (χ0) is 11.4. The summed E-state index contributed by atoms with van der Waals surface area (Å²) in [5.74, 6) is 0.820. The van der Waals surface area contributed by atoms with Crippen LogP contribution in [0.5, 0.6) is 5.75 Å². The Morgan fingerprint density at radius 2 is 2.38 bits per heavy atom. The molecule has 0 unspecified atom stereocenters. The fourth-order valence-corrected chi connectivity index (χ4v) is 1.62. The number of aromatic amines is 1. The van der Waals surface area contributed by atoms with E-state index in [1.165, 1.54) is 0 Å². The Morgan fingerprint density at radius 1 is 1.50 bits per heavy atom. The fraction of sp³-hybridized carbons (Fsp3) is 0.182. The SMILES string of the molecule is COc1ccc(Cl)cc1CNc1cn[nH]c1. The van der Waals surface area contributed by atoms with Crippen molar-refractivity contribution < 1.29 is 4.74 Å². The molecule has 4 nitrogen and oxygen atoms in total. The fourth-order valence-electron chi connectivity index (χ4n) is 1.43. The quantitative estimate of drug-likeness (QED) is 0.860. The summed E-state index contributed by atoms with van der Waals surface area (Å²) in [7, 11) is 1.64. The van der Waals surface area contributed by atoms with Crippen LogP contribution in [0.15, 0.2) is 30.6 Å². The van der Waals surface area contributed by atoms with Gasteiger partial charge in [-0.15, -0.1) is 0 Å². The minimum absolute atomic E-state index is 0.642. The molecule has 5 heteroatoms. The van der Waals surface area contributed by atoms with Gasteiger partial charge in [0.05, 0.1) is 19.0 Å². The third-order valence-electron chi connectivity index (χ3n) is 2.22. The lowest BCUT2D eigenvalue weighted by Gasteiger charge is -2.09. The van der Waals surface area contributed by atoms with Crippen molar-refractivity contribution in [2.24, 2.45) is 0 Å². The molecule has 0 aliphatic heterocycles. The van der Waals surface area contributed by atoms with E-state index < -0.39 is 0 Å². The van der Waals surface area contributed by atoms with Gasteiger partial charge < -0.3 is 10.1 Å². The number of rotatable bonds is 4. The van der Waals surface area contributed by atoms with Crippen molar-refractivity contribution in [3.63, 3.8) is 0 Å². The molecule has 0 fully saturated rings. The number of H-pyrrole nitrogens is 1. The van der Waals surface area contributed by atoms with E-state index in [0.29, 0.717) is 11.6 Å². The Balaban J connectivity index is 2.11. The molecule has 0 amide bonds. The lowest BCUT2D eigenvalue weighted by Crippen LogP contribution is -2.00. The molecule has 0 radical (unpaired) electrons. The number of nitrogens with zero attached hydrogens (tertiary/aromatic N) is 1. The second-order valence-electron chi connectivity index (χ2n) is 3.30. The van der Waals surface area contributed by atoms with Gasteiger partial charge >= 0.3 is 0 Å². The van der Waals surface area contributed by atoms with Gasteiger partial charge in [0.15, 0.2) is 0 Å². The number of hydrogen-bond donors (Lipinski definition) is 2. The molecule has 0 saturated heterocycles. The van der Waals surface area contributed by atoms with Gasteiger partial charge in [0, 0.05) is 23.3 Å². The predicted octanol–water partition coefficient (Wildman–Crippen LogP) is 2.68. The predicted molar refractivity (Wildman–Crippen MR) is 63.9 cm³/mol. The van der Waals surface area contributed by atoms with Crippen LogP contribution in [0.4, 0.5) is 5.69 Å². The maximum atomic E-state index is 5.93. The summed E-state index contributed by atoms with van der Waals surface area (Å²) in [6.07, 6.45) is 3.51. The highest BCUT2D eigenvalue weighted by Gasteiger charge is 2.03. The Hall–Kier alpha value is -1.68. The van der Waals surface area contributed by atoms with Crippen molar-refractivity contribution >= 4 is 17.3 Å². The van der Waals surface area contributed by atoms with Gasteiger partial charge in [0.2, 0.25) is 0 Å². The number of anilines is 1. The van der Waals surface area contributed by atoms with E-state index >= 15 is 0 Å². The van der Waals surface area contributed by atoms with Gasteiger partial charge in [-0.2, -0.15) is 5.10 Å². The maximum absolute atomic E-state index is 5.93. The van der Waals surface area contributed by atoms with E-state index in [9.17, 15) is 0 Å². The molecule has 0 bridgehead atoms. The van der Waals surface area contributed by atoms with Crippen molar-refractivity contribution in [1.29, 1.82) is 0 Å². The first-order valence-electron chi connectivity index (χ1n) is 4.84. The molecule has 0 aliphatic carbocycles. The van der Waals surface area contributed by atoms with Crippen LogP contribution >= 0.6 is 11.6 Å². The largest absolute Gasteiger partial charge is 0.496 e. The van der Waals surface area contributed by atoms with Gasteiger partial charge in [-0.05, 0) is 18.2 Å². The van der Waals surface area contributed by atoms with E-state index in [1.807, 2.05) is 18.2 Å². The molecule has 2 aromatic rings. The smallest absolute Gasteiger partial charge is 0.123 e. The number of aromatic nitrogens is 2. The highest BCUT2D eigenvalue weighted by Crippen LogP contribution is 2.23. The maximum Gasteiger partial charge on any atom is 0.123 e. The molecule has 84 valence electrons. The summed E-state index contributed by atoms with van der Waals surface area (Å²) < 4.78 is 5.25. The van der Waals surface area contributed by atoms with Crippen LogP contribution in [0.25, 0.3) is 0 Å². The van der Waals surface area contributed by atoms with Crippen molar-refractivity contribution in [1.82, 2.24) is 10.2 Å². The van der Waals surface area contributed by atoms with Crippen molar-refractivity contribution in [2.45, 2.75) is 6.54 Å². The molecule has 1 aromatic heterocycles. The summed E-state index contributed by atoms with van der Waals surface area (Å²) in [5, 5.41) is 10.5. The molecular weight excluding hydrogens is 226 g/mol. The zero-order valence-corrected chi connectivity index (χ0v) is 9.58. The van der Waals surface area contributed by atoms with Crippen LogP contribution in [-0.4, -0.2) is 17.3 Å². The van der Waals surface area contributed by atoms with Gasteiger partial charge in [-0.1, -0.05) is 11.6 Å². The van der Waals surface area contributed by atoms with Crippen molar-refractivity contribution in [3.8, 4) is 5.75 Å². The highest BCUT2D eigenvalue weighted by atomic mass is 35.5. The molecule has 0 spiro atoms. The summed E-state index contributed by atoms with van der Waals surface area (Å²) in [6.45, 7) is 0.642. The third kappa shape index (κ3) is 2.46. The Bertz CT molecular complexity index is 456. The van der Waals surface area contributed by atoms with Crippen LogP contribution in [-0.2, 0) is 6.54 Å². The summed E-state index contributed by atoms with van der Waals surface area (Å²) in [5.41, 5.74) is 1.94. The Morgan fingerprint density at radius 3 is 3.06 bits per heavy atom. The summed E-state index contributed by atoms with van der Waals surface area (Å²) in [6, 6.07) is 5.55. The topological polar surface area (TPSA) is 49.9 Å². The minimum Gasteiger partial charge on any atom is -0.496 e. The lowest BCUT2D eigenvalue weighted by molar-refractivity contribution is 0.410. The monoisotopic (exact) mass is 237 g/mol. The molecule has 1 aromatic carbocycles. The van der Waals surface area contributed by atoms with Gasteiger partial charge in [-0.3, -0.25) is 5.10 Å². The summed E-state index contributed by atoms with van der Waals surface area (Å²) >= 11 is 5.93. The number of nitrogens with one attached hydrogen (secondary N) is 2. The molecule has 0 saturated carbocycles. The second kappa shape index (κ2) is 4.90. The van der Waals surface area contributed by atoms with Gasteiger partial charge in [0.1, 0.15) is 5.75 Å². The summed E-state index contributed by atoms with van der Waals surface area (Å²) in [4.78, 5) is 0. The molecule has 2 N–H and O–H groups in total. The number of methoxy groups -OCH3 is 1. The molecule has 0 atom stereocenters. The average molecular weight is 238 g/mol. The van der Waals surface area contributed by atoms with Crippen LogP contribution in [0.1, 0.15) is 5.56 Å². The van der Waals surface area contributed by atoms with Crippen molar-refractivity contribution in [2.75, 3.05) is 12.4 Å². The normalized spacial score (nSPS) is 10.1. The third-order valence-corrected chi connectivity index (χ3v) is 2.46. The van der Waals surface area contributed by atoms with E-state index in [4.69, 9.17) is 16.3 Å². The van der Waals surface area contributed by atoms with E-state index in [0.717, 1.165) is 17.0 Å². The highest BCUT2D eigenvalue weighted by molar-refractivity contribution is 6.30. The molecule has 1 heterocycles. The lowest BCUT2D eigenvalue weighted by atomic mass is 10.2. The van der Waals surface area contributed by atoms with E-state index in [2.05, 4.69) is 15.5 Å². The van der Waals surface area contributed by atoms with Crippen LogP contribution in [0.2, 0.25) is 5.02 Å². The first-order valence-corrected chi connectivity index (χ1v) is 5.22. The Kier molecular flexibility index (Phi) is 3.31. The van der Waals surface area contributed by atoms with Gasteiger partial charge in [0.25, 0.3) is 0 Å². The molecule has 16 heavy (non-hydrogen) atoms. The standard InChI is InChI=1S/C11H12ClN3O/c1-16-11-3-2-9(12)4-8(11)5-13-10-6-14-15-7-10/h2-4,6-7,13H,5H2,1H3,(H,14,15). The van der Waals surface area contributed by atoms with Crippen LogP contribution < -0.4 is 10.1 Å². The van der Waals surface area contributed by atoms with E-state index in [-0.39, 0.29) is 0 Å². The average Bonchev–Trinajstić information content (AvgIpc) is 2.79. The van der Waals surface area contributed by atoms with E-state index in [1.54, 1.807) is 19.5 Å². The number of benzene rings is 1. The molecule has 2 rings (SSSR count). The minimum atomic E-state index is 0.642. The Labute approximate surface area is 98.6 Å². The zero-order valence-electron chi connectivity index (χ0n) is 8.83. The number of hydrogen-bond acceptors (Lipinski definition) is 3. The van der Waals surface area contributed by atoms with Crippen molar-refractivity contribution in [3.05, 3.63) is 41.2 Å². The van der Waals surface area contributed by atoms with Crippen LogP contribution in [0.3, 0.4) is 0 Å². The number of ether oxygens (including phenoxy) is 1. The van der Waals surface area contributed by atoms with Crippen LogP contribution in [0, 0.1) is 0 Å². The van der Waals surface area contributed by atoms with Gasteiger partial charge in [-0.25, -0.2) is 0 Å².